The van der Waals surface area contributed by atoms with E-state index in [0.717, 1.165) is 17.7 Å². The third kappa shape index (κ3) is 1.89. The van der Waals surface area contributed by atoms with E-state index in [1.165, 1.54) is 7.11 Å². The molecule has 0 N–H and O–H groups in total. The average molecular weight is 220 g/mol. The number of methoxy groups -OCH3 is 1. The van der Waals surface area contributed by atoms with Gasteiger partial charge in [0, 0.05) is 11.6 Å². The molecule has 3 heteroatoms. The monoisotopic (exact) mass is 220 g/mol. The van der Waals surface area contributed by atoms with Gasteiger partial charge in [0.2, 0.25) is 0 Å². The maximum Gasteiger partial charge on any atom is 0.162 e. The summed E-state index contributed by atoms with van der Waals surface area (Å²) in [6, 6.07) is 11.3. The summed E-state index contributed by atoms with van der Waals surface area (Å²) < 4.78 is 31.2. The molecule has 16 heavy (non-hydrogen) atoms. The van der Waals surface area contributed by atoms with Gasteiger partial charge in [0.25, 0.3) is 0 Å². The Hall–Kier alpha value is -1.90. The minimum Gasteiger partial charge on any atom is -0.496 e. The van der Waals surface area contributed by atoms with Crippen molar-refractivity contribution in [3.63, 3.8) is 0 Å². The number of hydrogen-bond acceptors (Lipinski definition) is 1. The molecule has 2 rings (SSSR count). The van der Waals surface area contributed by atoms with Gasteiger partial charge in [-0.1, -0.05) is 30.3 Å². The van der Waals surface area contributed by atoms with Crippen LogP contribution >= 0.6 is 0 Å². The van der Waals surface area contributed by atoms with Crippen molar-refractivity contribution in [1.29, 1.82) is 0 Å². The highest BCUT2D eigenvalue weighted by atomic mass is 19.2. The number of rotatable bonds is 2. The number of halogens is 2. The highest BCUT2D eigenvalue weighted by Gasteiger charge is 2.11. The summed E-state index contributed by atoms with van der Waals surface area (Å²) in [6.07, 6.45) is 0. The van der Waals surface area contributed by atoms with Crippen molar-refractivity contribution in [2.75, 3.05) is 7.11 Å². The van der Waals surface area contributed by atoms with Crippen molar-refractivity contribution in [2.24, 2.45) is 0 Å². The smallest absolute Gasteiger partial charge is 0.162 e. The van der Waals surface area contributed by atoms with Gasteiger partial charge in [-0.25, -0.2) is 8.78 Å². The molecule has 0 fully saturated rings. The first-order valence-electron chi connectivity index (χ1n) is 4.81. The van der Waals surface area contributed by atoms with E-state index in [0.29, 0.717) is 11.3 Å². The summed E-state index contributed by atoms with van der Waals surface area (Å²) in [5, 5.41) is 0. The lowest BCUT2D eigenvalue weighted by molar-refractivity contribution is 0.408. The normalized spacial score (nSPS) is 10.2. The molecule has 0 saturated heterocycles. The zero-order valence-electron chi connectivity index (χ0n) is 8.71. The Morgan fingerprint density at radius 3 is 2.19 bits per heavy atom. The van der Waals surface area contributed by atoms with E-state index in [9.17, 15) is 8.78 Å². The Labute approximate surface area is 92.3 Å². The zero-order valence-corrected chi connectivity index (χ0v) is 8.71. The molecule has 0 aromatic heterocycles. The van der Waals surface area contributed by atoms with Crippen molar-refractivity contribution >= 4 is 0 Å². The molecule has 1 nitrogen and oxygen atoms in total. The van der Waals surface area contributed by atoms with E-state index in [4.69, 9.17) is 4.74 Å². The number of ether oxygens (including phenoxy) is 1. The van der Waals surface area contributed by atoms with Crippen LogP contribution in [-0.4, -0.2) is 7.11 Å². The SMILES string of the molecule is COc1cc(F)c(F)cc1-c1ccccc1. The predicted octanol–water partition coefficient (Wildman–Crippen LogP) is 3.64. The molecule has 0 bridgehead atoms. The van der Waals surface area contributed by atoms with Crippen LogP contribution in [0, 0.1) is 11.6 Å². The van der Waals surface area contributed by atoms with Crippen LogP contribution in [0.4, 0.5) is 8.78 Å². The van der Waals surface area contributed by atoms with Crippen LogP contribution in [0.2, 0.25) is 0 Å². The second kappa shape index (κ2) is 4.31. The molecular formula is C13H10F2O. The van der Waals surface area contributed by atoms with Crippen molar-refractivity contribution in [2.45, 2.75) is 0 Å². The standard InChI is InChI=1S/C13H10F2O/c1-16-13-8-12(15)11(14)7-10(13)9-5-3-2-4-6-9/h2-8H,1H3. The quantitative estimate of drug-likeness (QED) is 0.750. The van der Waals surface area contributed by atoms with Crippen LogP contribution in [0.15, 0.2) is 42.5 Å². The fraction of sp³-hybridized carbons (Fsp3) is 0.0769. The number of benzene rings is 2. The van der Waals surface area contributed by atoms with Gasteiger partial charge in [-0.2, -0.15) is 0 Å². The molecule has 0 heterocycles. The Balaban J connectivity index is 2.60. The van der Waals surface area contributed by atoms with Crippen molar-refractivity contribution in [1.82, 2.24) is 0 Å². The molecule has 0 spiro atoms. The topological polar surface area (TPSA) is 9.23 Å². The third-order valence-corrected chi connectivity index (χ3v) is 2.33. The molecule has 0 aliphatic rings. The third-order valence-electron chi connectivity index (χ3n) is 2.33. The van der Waals surface area contributed by atoms with Gasteiger partial charge in [-0.15, -0.1) is 0 Å². The van der Waals surface area contributed by atoms with E-state index in [-0.39, 0.29) is 0 Å². The molecule has 0 radical (unpaired) electrons. The fourth-order valence-corrected chi connectivity index (χ4v) is 1.54. The summed E-state index contributed by atoms with van der Waals surface area (Å²) in [4.78, 5) is 0. The summed E-state index contributed by atoms with van der Waals surface area (Å²) in [6.45, 7) is 0. The minimum atomic E-state index is -0.906. The molecule has 0 aliphatic carbocycles. The molecule has 2 aromatic rings. The van der Waals surface area contributed by atoms with Crippen LogP contribution in [0.25, 0.3) is 11.1 Å². The second-order valence-electron chi connectivity index (χ2n) is 3.33. The Morgan fingerprint density at radius 1 is 0.938 bits per heavy atom. The van der Waals surface area contributed by atoms with Gasteiger partial charge in [0.1, 0.15) is 5.75 Å². The molecule has 0 atom stereocenters. The van der Waals surface area contributed by atoms with Crippen molar-refractivity contribution < 1.29 is 13.5 Å². The summed E-state index contributed by atoms with van der Waals surface area (Å²) in [7, 11) is 1.43. The van der Waals surface area contributed by atoms with Crippen LogP contribution < -0.4 is 4.74 Å². The van der Waals surface area contributed by atoms with Crippen LogP contribution in [0.1, 0.15) is 0 Å². The van der Waals surface area contributed by atoms with Crippen molar-refractivity contribution in [3.8, 4) is 16.9 Å². The molecule has 0 amide bonds. The Bertz CT molecular complexity index is 495. The number of hydrogen-bond donors (Lipinski definition) is 0. The lowest BCUT2D eigenvalue weighted by atomic mass is 10.0. The molecule has 0 aliphatic heterocycles. The van der Waals surface area contributed by atoms with E-state index >= 15 is 0 Å². The molecule has 82 valence electrons. The van der Waals surface area contributed by atoms with E-state index in [2.05, 4.69) is 0 Å². The first-order chi connectivity index (χ1) is 7.72. The largest absolute Gasteiger partial charge is 0.496 e. The van der Waals surface area contributed by atoms with Gasteiger partial charge in [0.05, 0.1) is 7.11 Å². The first kappa shape index (κ1) is 10.6. The van der Waals surface area contributed by atoms with E-state index < -0.39 is 11.6 Å². The van der Waals surface area contributed by atoms with Crippen LogP contribution in [0.5, 0.6) is 5.75 Å². The Morgan fingerprint density at radius 2 is 1.56 bits per heavy atom. The molecule has 0 saturated carbocycles. The lowest BCUT2D eigenvalue weighted by Crippen LogP contribution is -1.92. The van der Waals surface area contributed by atoms with Gasteiger partial charge < -0.3 is 4.74 Å². The fourth-order valence-electron chi connectivity index (χ4n) is 1.54. The maximum atomic E-state index is 13.2. The highest BCUT2D eigenvalue weighted by Crippen LogP contribution is 2.31. The van der Waals surface area contributed by atoms with Gasteiger partial charge >= 0.3 is 0 Å². The van der Waals surface area contributed by atoms with Gasteiger partial charge in [0.15, 0.2) is 11.6 Å². The predicted molar refractivity (Wildman–Crippen MR) is 58.3 cm³/mol. The van der Waals surface area contributed by atoms with Crippen LogP contribution in [-0.2, 0) is 0 Å². The Kier molecular flexibility index (Phi) is 2.86. The summed E-state index contributed by atoms with van der Waals surface area (Å²) in [5.74, 6) is -1.46. The van der Waals surface area contributed by atoms with Crippen LogP contribution in [0.3, 0.4) is 0 Å². The first-order valence-corrected chi connectivity index (χ1v) is 4.81. The van der Waals surface area contributed by atoms with Gasteiger partial charge in [-0.3, -0.25) is 0 Å². The second-order valence-corrected chi connectivity index (χ2v) is 3.33. The molecule has 2 aromatic carbocycles. The zero-order chi connectivity index (χ0) is 11.5. The molecular weight excluding hydrogens is 210 g/mol. The average Bonchev–Trinajstić information content (AvgIpc) is 2.33. The van der Waals surface area contributed by atoms with E-state index in [1.807, 2.05) is 30.3 Å². The van der Waals surface area contributed by atoms with Crippen molar-refractivity contribution in [3.05, 3.63) is 54.1 Å². The minimum absolute atomic E-state index is 0.324. The van der Waals surface area contributed by atoms with E-state index in [1.54, 1.807) is 0 Å². The highest BCUT2D eigenvalue weighted by molar-refractivity contribution is 5.70. The maximum absolute atomic E-state index is 13.2. The lowest BCUT2D eigenvalue weighted by Gasteiger charge is -2.09. The summed E-state index contributed by atoms with van der Waals surface area (Å²) >= 11 is 0. The summed E-state index contributed by atoms with van der Waals surface area (Å²) in [5.41, 5.74) is 1.33. The van der Waals surface area contributed by atoms with Gasteiger partial charge in [-0.05, 0) is 11.6 Å². The molecule has 0 unspecified atom stereocenters.